The molecule has 1 aromatic heterocycles. The van der Waals surface area contributed by atoms with Gasteiger partial charge in [0.05, 0.1) is 0 Å². The van der Waals surface area contributed by atoms with E-state index in [4.69, 9.17) is 0 Å². The minimum Gasteiger partial charge on any atom is -0.505 e. The average molecular weight is 221 g/mol. The molecule has 1 aliphatic carbocycles. The third-order valence-corrected chi connectivity index (χ3v) is 2.83. The molecule has 0 fully saturated rings. The van der Waals surface area contributed by atoms with Crippen molar-refractivity contribution in [2.24, 2.45) is 0 Å². The summed E-state index contributed by atoms with van der Waals surface area (Å²) in [7, 11) is 0. The van der Waals surface area contributed by atoms with E-state index in [1.54, 1.807) is 6.20 Å². The lowest BCUT2D eigenvalue weighted by Gasteiger charge is -2.05. The van der Waals surface area contributed by atoms with E-state index < -0.39 is 0 Å². The maximum absolute atomic E-state index is 10.2. The van der Waals surface area contributed by atoms with Crippen molar-refractivity contribution in [3.63, 3.8) is 0 Å². The summed E-state index contributed by atoms with van der Waals surface area (Å²) in [5, 5.41) is 12.3. The van der Waals surface area contributed by atoms with Crippen molar-refractivity contribution in [3.05, 3.63) is 72.1 Å². The Morgan fingerprint density at radius 1 is 1.00 bits per heavy atom. The van der Waals surface area contributed by atoms with Crippen LogP contribution < -0.4 is 0 Å². The molecule has 2 aromatic rings. The maximum atomic E-state index is 10.2. The fourth-order valence-corrected chi connectivity index (χ4v) is 1.98. The van der Waals surface area contributed by atoms with E-state index in [1.165, 1.54) is 0 Å². The molecule has 0 atom stereocenters. The lowest BCUT2D eigenvalue weighted by Crippen LogP contribution is -1.92. The van der Waals surface area contributed by atoms with Crippen molar-refractivity contribution in [2.75, 3.05) is 0 Å². The molecule has 1 heterocycles. The molecule has 0 aliphatic heterocycles. The Kier molecular flexibility index (Phi) is 2.26. The number of rotatable bonds is 1. The highest BCUT2D eigenvalue weighted by molar-refractivity contribution is 5.91. The number of hydrogen-bond donors (Lipinski definition) is 1. The summed E-state index contributed by atoms with van der Waals surface area (Å²) >= 11 is 0. The van der Waals surface area contributed by atoms with Crippen LogP contribution >= 0.6 is 0 Å². The molecule has 0 saturated carbocycles. The average Bonchev–Trinajstić information content (AvgIpc) is 2.91. The molecule has 0 radical (unpaired) electrons. The molecule has 0 spiro atoms. The zero-order chi connectivity index (χ0) is 11.7. The highest BCUT2D eigenvalue weighted by Crippen LogP contribution is 2.25. The van der Waals surface area contributed by atoms with E-state index in [9.17, 15) is 5.11 Å². The zero-order valence-electron chi connectivity index (χ0n) is 9.17. The molecule has 2 heteroatoms. The number of fused-ring (bicyclic) bond motifs is 1. The van der Waals surface area contributed by atoms with Gasteiger partial charge in [-0.3, -0.25) is 4.98 Å². The Balaban J connectivity index is 2.28. The Morgan fingerprint density at radius 2 is 1.76 bits per heavy atom. The predicted molar refractivity (Wildman–Crippen MR) is 69.6 cm³/mol. The highest BCUT2D eigenvalue weighted by Gasteiger charge is 2.10. The second-order valence-corrected chi connectivity index (χ2v) is 3.90. The monoisotopic (exact) mass is 221 g/mol. The van der Waals surface area contributed by atoms with Gasteiger partial charge >= 0.3 is 0 Å². The van der Waals surface area contributed by atoms with Gasteiger partial charge in [-0.1, -0.05) is 48.6 Å². The standard InChI is InChI=1S/C15H11NO/c17-15(12-6-1-2-7-12)14-13-8-4-3-5-11(13)9-10-16-14/h1-10,17H. The van der Waals surface area contributed by atoms with Gasteiger partial charge in [-0.15, -0.1) is 0 Å². The first-order valence-corrected chi connectivity index (χ1v) is 5.48. The van der Waals surface area contributed by atoms with Gasteiger partial charge < -0.3 is 5.11 Å². The summed E-state index contributed by atoms with van der Waals surface area (Å²) in [5.74, 6) is 0.229. The normalized spacial score (nSPS) is 13.5. The Hall–Kier alpha value is -2.35. The second-order valence-electron chi connectivity index (χ2n) is 3.90. The van der Waals surface area contributed by atoms with Crippen molar-refractivity contribution >= 4 is 16.5 Å². The van der Waals surface area contributed by atoms with Gasteiger partial charge in [-0.25, -0.2) is 0 Å². The summed E-state index contributed by atoms with van der Waals surface area (Å²) in [5.41, 5.74) is 1.43. The van der Waals surface area contributed by atoms with E-state index in [2.05, 4.69) is 4.98 Å². The van der Waals surface area contributed by atoms with E-state index in [0.29, 0.717) is 5.69 Å². The van der Waals surface area contributed by atoms with Crippen molar-refractivity contribution in [1.82, 2.24) is 4.98 Å². The Bertz CT molecular complexity index is 646. The molecule has 1 N–H and O–H groups in total. The van der Waals surface area contributed by atoms with Crippen LogP contribution in [0.2, 0.25) is 0 Å². The van der Waals surface area contributed by atoms with Crippen LogP contribution in [0.5, 0.6) is 0 Å². The topological polar surface area (TPSA) is 33.1 Å². The molecule has 82 valence electrons. The van der Waals surface area contributed by atoms with E-state index in [1.807, 2.05) is 54.6 Å². The third kappa shape index (κ3) is 1.64. The molecule has 0 unspecified atom stereocenters. The zero-order valence-corrected chi connectivity index (χ0v) is 9.17. The Morgan fingerprint density at radius 3 is 2.59 bits per heavy atom. The lowest BCUT2D eigenvalue weighted by molar-refractivity contribution is 0.507. The van der Waals surface area contributed by atoms with Gasteiger partial charge in [0.25, 0.3) is 0 Å². The fourth-order valence-electron chi connectivity index (χ4n) is 1.98. The van der Waals surface area contributed by atoms with Crippen LogP contribution in [0, 0.1) is 0 Å². The first-order valence-electron chi connectivity index (χ1n) is 5.48. The van der Waals surface area contributed by atoms with Crippen LogP contribution in [-0.2, 0) is 0 Å². The summed E-state index contributed by atoms with van der Waals surface area (Å²) < 4.78 is 0. The first-order chi connectivity index (χ1) is 8.36. The highest BCUT2D eigenvalue weighted by atomic mass is 16.3. The van der Waals surface area contributed by atoms with Gasteiger partial charge in [0.2, 0.25) is 0 Å². The molecule has 17 heavy (non-hydrogen) atoms. The molecule has 0 saturated heterocycles. The van der Waals surface area contributed by atoms with E-state index in [0.717, 1.165) is 16.3 Å². The Labute approximate surface area is 99.2 Å². The van der Waals surface area contributed by atoms with Gasteiger partial charge in [0.15, 0.2) is 0 Å². The minimum atomic E-state index is 0.229. The fraction of sp³-hybridized carbons (Fsp3) is 0. The number of nitrogens with zero attached hydrogens (tertiary/aromatic N) is 1. The van der Waals surface area contributed by atoms with Gasteiger partial charge in [-0.2, -0.15) is 0 Å². The van der Waals surface area contributed by atoms with Crippen LogP contribution in [0.25, 0.3) is 16.5 Å². The summed E-state index contributed by atoms with van der Waals surface area (Å²) in [4.78, 5) is 4.28. The number of pyridine rings is 1. The van der Waals surface area contributed by atoms with E-state index in [-0.39, 0.29) is 5.76 Å². The molecular formula is C15H11NO. The number of hydrogen-bond acceptors (Lipinski definition) is 2. The van der Waals surface area contributed by atoms with Crippen LogP contribution in [-0.4, -0.2) is 10.1 Å². The van der Waals surface area contributed by atoms with Gasteiger partial charge in [0, 0.05) is 17.2 Å². The quantitative estimate of drug-likeness (QED) is 0.746. The number of aliphatic hydroxyl groups excluding tert-OH is 1. The molecule has 0 amide bonds. The van der Waals surface area contributed by atoms with Crippen molar-refractivity contribution in [2.45, 2.75) is 0 Å². The summed E-state index contributed by atoms with van der Waals surface area (Å²) in [6.07, 6.45) is 9.27. The first kappa shape index (κ1) is 9.85. The molecule has 0 bridgehead atoms. The van der Waals surface area contributed by atoms with Crippen molar-refractivity contribution < 1.29 is 5.11 Å². The minimum absolute atomic E-state index is 0.229. The number of allylic oxidation sites excluding steroid dienone is 5. The largest absolute Gasteiger partial charge is 0.505 e. The molecule has 3 rings (SSSR count). The predicted octanol–water partition coefficient (Wildman–Crippen LogP) is 3.63. The van der Waals surface area contributed by atoms with Crippen molar-refractivity contribution in [3.8, 4) is 0 Å². The maximum Gasteiger partial charge on any atom is 0.149 e. The third-order valence-electron chi connectivity index (χ3n) is 2.83. The summed E-state index contributed by atoms with van der Waals surface area (Å²) in [6, 6.07) is 9.85. The second kappa shape index (κ2) is 3.91. The molecule has 1 aromatic carbocycles. The van der Waals surface area contributed by atoms with Crippen LogP contribution in [0.3, 0.4) is 0 Å². The molecule has 1 aliphatic rings. The van der Waals surface area contributed by atoms with Crippen LogP contribution in [0.15, 0.2) is 66.4 Å². The number of aromatic nitrogens is 1. The van der Waals surface area contributed by atoms with E-state index >= 15 is 0 Å². The number of aliphatic hydroxyl groups is 1. The van der Waals surface area contributed by atoms with Crippen LogP contribution in [0.1, 0.15) is 5.69 Å². The van der Waals surface area contributed by atoms with Crippen LogP contribution in [0.4, 0.5) is 0 Å². The lowest BCUT2D eigenvalue weighted by atomic mass is 10.1. The van der Waals surface area contributed by atoms with Gasteiger partial charge in [-0.05, 0) is 11.5 Å². The SMILES string of the molecule is OC(=C1C=CC=C1)c1nccc2ccccc12. The van der Waals surface area contributed by atoms with Gasteiger partial charge in [0.1, 0.15) is 11.5 Å². The number of benzene rings is 1. The van der Waals surface area contributed by atoms with Crippen molar-refractivity contribution in [1.29, 1.82) is 0 Å². The molecule has 2 nitrogen and oxygen atoms in total. The molecular weight excluding hydrogens is 210 g/mol. The smallest absolute Gasteiger partial charge is 0.149 e. The summed E-state index contributed by atoms with van der Waals surface area (Å²) in [6.45, 7) is 0.